The normalized spacial score (nSPS) is 15.0. The third kappa shape index (κ3) is 2.56. The van der Waals surface area contributed by atoms with Crippen LogP contribution in [0, 0.1) is 5.92 Å². The zero-order valence-corrected chi connectivity index (χ0v) is 8.58. The Kier molecular flexibility index (Phi) is 3.49. The molecule has 0 aliphatic rings. The first-order valence-corrected chi connectivity index (χ1v) is 4.80. The van der Waals surface area contributed by atoms with Crippen LogP contribution in [-0.4, -0.2) is 11.2 Å². The van der Waals surface area contributed by atoms with Gasteiger partial charge in [-0.05, 0) is 6.92 Å². The van der Waals surface area contributed by atoms with E-state index in [0.717, 1.165) is 5.56 Å². The van der Waals surface area contributed by atoms with Crippen LogP contribution in [0.1, 0.15) is 24.2 Å². The number of hydrogen-bond acceptors (Lipinski definition) is 1. The summed E-state index contributed by atoms with van der Waals surface area (Å²) in [6, 6.07) is 9.25. The summed E-state index contributed by atoms with van der Waals surface area (Å²) in [7, 11) is 0. The molecule has 0 amide bonds. The van der Waals surface area contributed by atoms with E-state index in [-0.39, 0.29) is 17.1 Å². The lowest BCUT2D eigenvalue weighted by Crippen LogP contribution is -2.18. The van der Waals surface area contributed by atoms with E-state index in [1.165, 1.54) is 0 Å². The molecule has 2 atom stereocenters. The predicted molar refractivity (Wildman–Crippen MR) is 55.3 cm³/mol. The van der Waals surface area contributed by atoms with Gasteiger partial charge in [0.15, 0.2) is 5.78 Å². The summed E-state index contributed by atoms with van der Waals surface area (Å²) in [6.45, 7) is 3.69. The van der Waals surface area contributed by atoms with Gasteiger partial charge < -0.3 is 0 Å². The van der Waals surface area contributed by atoms with Crippen LogP contribution in [0.3, 0.4) is 0 Å². The Labute approximate surface area is 83.7 Å². The molecule has 0 aliphatic heterocycles. The van der Waals surface area contributed by atoms with Crippen LogP contribution < -0.4 is 0 Å². The van der Waals surface area contributed by atoms with Gasteiger partial charge in [-0.15, -0.1) is 11.6 Å². The molecule has 0 radical (unpaired) electrons. The van der Waals surface area contributed by atoms with Crippen molar-refractivity contribution in [2.75, 3.05) is 0 Å². The lowest BCUT2D eigenvalue weighted by atomic mass is 9.97. The van der Waals surface area contributed by atoms with Crippen molar-refractivity contribution in [1.82, 2.24) is 0 Å². The monoisotopic (exact) mass is 196 g/mol. The lowest BCUT2D eigenvalue weighted by molar-refractivity contribution is 0.0929. The van der Waals surface area contributed by atoms with Crippen molar-refractivity contribution in [1.29, 1.82) is 0 Å². The van der Waals surface area contributed by atoms with Gasteiger partial charge in [0.05, 0.1) is 0 Å². The third-order valence-electron chi connectivity index (χ3n) is 2.16. The van der Waals surface area contributed by atoms with Gasteiger partial charge in [0.25, 0.3) is 0 Å². The lowest BCUT2D eigenvalue weighted by Gasteiger charge is -2.11. The largest absolute Gasteiger partial charge is 0.294 e. The van der Waals surface area contributed by atoms with Crippen LogP contribution in [0.2, 0.25) is 0 Å². The maximum atomic E-state index is 11.7. The molecule has 0 saturated carbocycles. The van der Waals surface area contributed by atoms with Gasteiger partial charge in [0.2, 0.25) is 0 Å². The van der Waals surface area contributed by atoms with Crippen LogP contribution in [-0.2, 0) is 0 Å². The molecule has 0 saturated heterocycles. The van der Waals surface area contributed by atoms with E-state index in [9.17, 15) is 4.79 Å². The Morgan fingerprint density at radius 3 is 2.23 bits per heavy atom. The number of carbonyl (C=O) groups excluding carboxylic acids is 1. The van der Waals surface area contributed by atoms with E-state index in [1.54, 1.807) is 0 Å². The molecule has 0 bridgehead atoms. The molecule has 2 heteroatoms. The van der Waals surface area contributed by atoms with Gasteiger partial charge >= 0.3 is 0 Å². The topological polar surface area (TPSA) is 17.1 Å². The molecule has 2 unspecified atom stereocenters. The molecule has 0 spiro atoms. The first kappa shape index (κ1) is 10.3. The molecule has 0 heterocycles. The van der Waals surface area contributed by atoms with Gasteiger partial charge in [-0.2, -0.15) is 0 Å². The second-order valence-corrected chi connectivity index (χ2v) is 3.88. The fraction of sp³-hybridized carbons (Fsp3) is 0.364. The van der Waals surface area contributed by atoms with Crippen molar-refractivity contribution in [2.45, 2.75) is 19.2 Å². The number of benzene rings is 1. The molecule has 1 rings (SSSR count). The molecule has 1 nitrogen and oxygen atoms in total. The highest BCUT2D eigenvalue weighted by Crippen LogP contribution is 2.15. The van der Waals surface area contributed by atoms with Gasteiger partial charge in [-0.25, -0.2) is 0 Å². The van der Waals surface area contributed by atoms with Crippen LogP contribution in [0.15, 0.2) is 30.3 Å². The number of rotatable bonds is 3. The maximum Gasteiger partial charge on any atom is 0.167 e. The van der Waals surface area contributed by atoms with E-state index in [1.807, 2.05) is 44.2 Å². The van der Waals surface area contributed by atoms with Crippen molar-refractivity contribution in [3.63, 3.8) is 0 Å². The van der Waals surface area contributed by atoms with E-state index < -0.39 is 0 Å². The van der Waals surface area contributed by atoms with E-state index >= 15 is 0 Å². The summed E-state index contributed by atoms with van der Waals surface area (Å²) in [5.74, 6) is -0.00725. The van der Waals surface area contributed by atoms with Crippen LogP contribution >= 0.6 is 11.6 Å². The first-order chi connectivity index (χ1) is 6.13. The van der Waals surface area contributed by atoms with Crippen molar-refractivity contribution >= 4 is 17.4 Å². The van der Waals surface area contributed by atoms with Gasteiger partial charge in [-0.3, -0.25) is 4.79 Å². The minimum Gasteiger partial charge on any atom is -0.294 e. The van der Waals surface area contributed by atoms with Crippen molar-refractivity contribution in [3.8, 4) is 0 Å². The molecule has 0 aromatic heterocycles. The molecule has 1 aromatic rings. The average molecular weight is 197 g/mol. The standard InChI is InChI=1S/C11H13ClO/c1-8(9(2)12)11(13)10-6-4-3-5-7-10/h3-9H,1-2H3. The Morgan fingerprint density at radius 2 is 1.77 bits per heavy atom. The summed E-state index contributed by atoms with van der Waals surface area (Å²) in [5, 5.41) is -0.118. The summed E-state index contributed by atoms with van der Waals surface area (Å²) in [6.07, 6.45) is 0. The number of alkyl halides is 1. The first-order valence-electron chi connectivity index (χ1n) is 4.36. The zero-order chi connectivity index (χ0) is 9.84. The maximum absolute atomic E-state index is 11.7. The predicted octanol–water partition coefficient (Wildman–Crippen LogP) is 3.13. The zero-order valence-electron chi connectivity index (χ0n) is 7.83. The van der Waals surface area contributed by atoms with Crippen molar-refractivity contribution in [3.05, 3.63) is 35.9 Å². The molecule has 13 heavy (non-hydrogen) atoms. The minimum absolute atomic E-state index is 0.114. The number of ketones is 1. The Bertz CT molecular complexity index is 279. The summed E-state index contributed by atoms with van der Waals surface area (Å²) in [5.41, 5.74) is 0.738. The summed E-state index contributed by atoms with van der Waals surface area (Å²) >= 11 is 5.85. The van der Waals surface area contributed by atoms with E-state index in [4.69, 9.17) is 11.6 Å². The van der Waals surface area contributed by atoms with Crippen LogP contribution in [0.5, 0.6) is 0 Å². The molecular weight excluding hydrogens is 184 g/mol. The van der Waals surface area contributed by atoms with Gasteiger partial charge in [0.1, 0.15) is 0 Å². The molecular formula is C11H13ClO. The van der Waals surface area contributed by atoms with Crippen molar-refractivity contribution in [2.24, 2.45) is 5.92 Å². The van der Waals surface area contributed by atoms with Gasteiger partial charge in [-0.1, -0.05) is 37.3 Å². The Balaban J connectivity index is 2.80. The quantitative estimate of drug-likeness (QED) is 0.536. The highest BCUT2D eigenvalue weighted by atomic mass is 35.5. The SMILES string of the molecule is CC(Cl)C(C)C(=O)c1ccccc1. The molecule has 0 fully saturated rings. The molecule has 1 aromatic carbocycles. The fourth-order valence-electron chi connectivity index (χ4n) is 1.07. The molecule has 70 valence electrons. The second-order valence-electron chi connectivity index (χ2n) is 3.20. The average Bonchev–Trinajstić information content (AvgIpc) is 2.17. The summed E-state index contributed by atoms with van der Waals surface area (Å²) in [4.78, 5) is 11.7. The Morgan fingerprint density at radius 1 is 1.23 bits per heavy atom. The highest BCUT2D eigenvalue weighted by Gasteiger charge is 2.19. The van der Waals surface area contributed by atoms with Crippen molar-refractivity contribution < 1.29 is 4.79 Å². The second kappa shape index (κ2) is 4.43. The van der Waals surface area contributed by atoms with E-state index in [2.05, 4.69) is 0 Å². The number of hydrogen-bond donors (Lipinski definition) is 0. The number of halogens is 1. The minimum atomic E-state index is -0.121. The van der Waals surface area contributed by atoms with Crippen LogP contribution in [0.25, 0.3) is 0 Å². The molecule has 0 N–H and O–H groups in total. The highest BCUT2D eigenvalue weighted by molar-refractivity contribution is 6.22. The molecule has 0 aliphatic carbocycles. The number of carbonyl (C=O) groups is 1. The Hall–Kier alpha value is -0.820. The van der Waals surface area contributed by atoms with Gasteiger partial charge in [0, 0.05) is 16.9 Å². The van der Waals surface area contributed by atoms with E-state index in [0.29, 0.717) is 0 Å². The fourth-order valence-corrected chi connectivity index (χ4v) is 1.19. The number of Topliss-reactive ketones (excluding diaryl/α,β-unsaturated/α-hetero) is 1. The smallest absolute Gasteiger partial charge is 0.167 e. The third-order valence-corrected chi connectivity index (χ3v) is 2.54. The van der Waals surface area contributed by atoms with Crippen LogP contribution in [0.4, 0.5) is 0 Å². The summed E-state index contributed by atoms with van der Waals surface area (Å²) < 4.78 is 0.